The van der Waals surface area contributed by atoms with Crippen LogP contribution in [0.15, 0.2) is 18.5 Å². The van der Waals surface area contributed by atoms with Crippen molar-refractivity contribution in [3.63, 3.8) is 0 Å². The Labute approximate surface area is 125 Å². The van der Waals surface area contributed by atoms with E-state index in [0.717, 1.165) is 12.1 Å². The largest absolute Gasteiger partial charge is 0.329 e. The maximum absolute atomic E-state index is 6.28. The van der Waals surface area contributed by atoms with Crippen molar-refractivity contribution in [1.82, 2.24) is 14.5 Å². The van der Waals surface area contributed by atoms with Crippen molar-refractivity contribution in [2.45, 2.75) is 62.8 Å². The first kappa shape index (κ1) is 13.3. The molecule has 0 radical (unpaired) electrons. The minimum Gasteiger partial charge on any atom is -0.329 e. The van der Waals surface area contributed by atoms with Crippen LogP contribution in [0.1, 0.15) is 63.2 Å². The zero-order valence-corrected chi connectivity index (χ0v) is 12.6. The standard InChI is InChI=1S/C17H24N4/c18-12-17(8-3-1-2-4-9-17)16-20-14-11-19-10-7-15(14)21(16)13-5-6-13/h7,10-11,13H,1-6,8-9,12,18H2. The van der Waals surface area contributed by atoms with E-state index in [0.29, 0.717) is 6.04 Å². The molecule has 0 aliphatic heterocycles. The summed E-state index contributed by atoms with van der Waals surface area (Å²) in [5.74, 6) is 1.25. The summed E-state index contributed by atoms with van der Waals surface area (Å²) in [6.45, 7) is 0.719. The van der Waals surface area contributed by atoms with E-state index in [1.807, 2.05) is 12.4 Å². The van der Waals surface area contributed by atoms with Gasteiger partial charge in [0.1, 0.15) is 11.3 Å². The van der Waals surface area contributed by atoms with Gasteiger partial charge in [0.25, 0.3) is 0 Å². The average molecular weight is 284 g/mol. The lowest BCUT2D eigenvalue weighted by molar-refractivity contribution is 0.346. The number of nitrogens with two attached hydrogens (primary N) is 1. The molecule has 0 aromatic carbocycles. The van der Waals surface area contributed by atoms with Gasteiger partial charge in [0.05, 0.1) is 11.7 Å². The van der Waals surface area contributed by atoms with Crippen LogP contribution < -0.4 is 5.73 Å². The number of imidazole rings is 1. The quantitative estimate of drug-likeness (QED) is 0.880. The molecule has 2 saturated carbocycles. The Morgan fingerprint density at radius 2 is 1.95 bits per heavy atom. The van der Waals surface area contributed by atoms with Crippen molar-refractivity contribution in [2.75, 3.05) is 6.54 Å². The molecule has 0 amide bonds. The first-order valence-electron chi connectivity index (χ1n) is 8.37. The third-order valence-electron chi connectivity index (χ3n) is 5.33. The first-order chi connectivity index (χ1) is 10.3. The van der Waals surface area contributed by atoms with E-state index in [9.17, 15) is 0 Å². The van der Waals surface area contributed by atoms with Gasteiger partial charge in [0.15, 0.2) is 0 Å². The van der Waals surface area contributed by atoms with E-state index in [4.69, 9.17) is 10.7 Å². The van der Waals surface area contributed by atoms with Crippen LogP contribution in [-0.4, -0.2) is 21.1 Å². The molecule has 2 N–H and O–H groups in total. The SMILES string of the molecule is NCC1(c2nc3cnccc3n2C2CC2)CCCCCC1. The minimum absolute atomic E-state index is 0.0815. The Kier molecular flexibility index (Phi) is 3.21. The molecule has 2 fully saturated rings. The zero-order valence-electron chi connectivity index (χ0n) is 12.6. The van der Waals surface area contributed by atoms with Crippen molar-refractivity contribution in [1.29, 1.82) is 0 Å². The molecule has 2 aliphatic rings. The monoisotopic (exact) mass is 284 g/mol. The first-order valence-corrected chi connectivity index (χ1v) is 8.37. The van der Waals surface area contributed by atoms with Gasteiger partial charge in [-0.1, -0.05) is 25.7 Å². The topological polar surface area (TPSA) is 56.7 Å². The highest BCUT2D eigenvalue weighted by atomic mass is 15.1. The molecule has 0 saturated heterocycles. The summed E-state index contributed by atoms with van der Waals surface area (Å²) in [7, 11) is 0. The molecule has 0 bridgehead atoms. The van der Waals surface area contributed by atoms with Crippen LogP contribution in [0.2, 0.25) is 0 Å². The smallest absolute Gasteiger partial charge is 0.117 e. The van der Waals surface area contributed by atoms with Crippen LogP contribution in [-0.2, 0) is 5.41 Å². The van der Waals surface area contributed by atoms with E-state index < -0.39 is 0 Å². The maximum Gasteiger partial charge on any atom is 0.117 e. The van der Waals surface area contributed by atoms with Crippen LogP contribution >= 0.6 is 0 Å². The molecule has 2 aromatic heterocycles. The molecule has 0 spiro atoms. The van der Waals surface area contributed by atoms with Gasteiger partial charge >= 0.3 is 0 Å². The molecule has 4 rings (SSSR count). The zero-order chi connectivity index (χ0) is 14.3. The molecule has 2 heterocycles. The van der Waals surface area contributed by atoms with Crippen molar-refractivity contribution in [3.05, 3.63) is 24.3 Å². The second-order valence-electron chi connectivity index (χ2n) is 6.80. The Morgan fingerprint density at radius 3 is 2.62 bits per heavy atom. The van der Waals surface area contributed by atoms with E-state index in [-0.39, 0.29) is 5.41 Å². The second-order valence-corrected chi connectivity index (χ2v) is 6.80. The van der Waals surface area contributed by atoms with Gasteiger partial charge in [-0.2, -0.15) is 0 Å². The summed E-state index contributed by atoms with van der Waals surface area (Å²) in [5.41, 5.74) is 8.65. The molecule has 4 heteroatoms. The van der Waals surface area contributed by atoms with Gasteiger partial charge in [-0.3, -0.25) is 4.98 Å². The number of hydrogen-bond acceptors (Lipinski definition) is 3. The third kappa shape index (κ3) is 2.16. The van der Waals surface area contributed by atoms with Gasteiger partial charge < -0.3 is 10.3 Å². The molecule has 4 nitrogen and oxygen atoms in total. The molecule has 21 heavy (non-hydrogen) atoms. The van der Waals surface area contributed by atoms with Crippen molar-refractivity contribution in [2.24, 2.45) is 5.73 Å². The van der Waals surface area contributed by atoms with Gasteiger partial charge in [-0.15, -0.1) is 0 Å². The molecule has 112 valence electrons. The number of rotatable bonds is 3. The van der Waals surface area contributed by atoms with Crippen LogP contribution in [0.3, 0.4) is 0 Å². The Balaban J connectivity index is 1.89. The highest BCUT2D eigenvalue weighted by molar-refractivity contribution is 5.75. The Hall–Kier alpha value is -1.42. The summed E-state index contributed by atoms with van der Waals surface area (Å²) < 4.78 is 2.50. The molecular weight excluding hydrogens is 260 g/mol. The predicted molar refractivity (Wildman–Crippen MR) is 84.2 cm³/mol. The van der Waals surface area contributed by atoms with Crippen LogP contribution in [0.5, 0.6) is 0 Å². The maximum atomic E-state index is 6.28. The lowest BCUT2D eigenvalue weighted by Gasteiger charge is -2.31. The van der Waals surface area contributed by atoms with E-state index in [2.05, 4.69) is 15.6 Å². The summed E-state index contributed by atoms with van der Waals surface area (Å²) in [4.78, 5) is 9.25. The number of hydrogen-bond donors (Lipinski definition) is 1. The Morgan fingerprint density at radius 1 is 1.19 bits per heavy atom. The highest BCUT2D eigenvalue weighted by Gasteiger charge is 2.39. The van der Waals surface area contributed by atoms with Crippen LogP contribution in [0, 0.1) is 0 Å². The van der Waals surface area contributed by atoms with Gasteiger partial charge in [0.2, 0.25) is 0 Å². The van der Waals surface area contributed by atoms with Gasteiger partial charge in [-0.05, 0) is 31.7 Å². The van der Waals surface area contributed by atoms with Crippen molar-refractivity contribution >= 4 is 11.0 Å². The summed E-state index contributed by atoms with van der Waals surface area (Å²) in [5, 5.41) is 0. The second kappa shape index (κ2) is 5.09. The lowest BCUT2D eigenvalue weighted by Crippen LogP contribution is -2.37. The fourth-order valence-corrected chi connectivity index (χ4v) is 3.95. The molecule has 0 unspecified atom stereocenters. The highest BCUT2D eigenvalue weighted by Crippen LogP contribution is 2.44. The molecule has 2 aliphatic carbocycles. The molecule has 0 atom stereocenters. The summed E-state index contributed by atoms with van der Waals surface area (Å²) in [6, 6.07) is 2.75. The van der Waals surface area contributed by atoms with Crippen molar-refractivity contribution < 1.29 is 0 Å². The molecular formula is C17H24N4. The van der Waals surface area contributed by atoms with Crippen LogP contribution in [0.4, 0.5) is 0 Å². The lowest BCUT2D eigenvalue weighted by atomic mass is 9.79. The van der Waals surface area contributed by atoms with Gasteiger partial charge in [0, 0.05) is 24.2 Å². The average Bonchev–Trinajstić information content (AvgIpc) is 3.32. The van der Waals surface area contributed by atoms with E-state index in [1.165, 1.54) is 62.7 Å². The van der Waals surface area contributed by atoms with Gasteiger partial charge in [-0.25, -0.2) is 4.98 Å². The number of fused-ring (bicyclic) bond motifs is 1. The summed E-state index contributed by atoms with van der Waals surface area (Å²) in [6.07, 6.45) is 14.0. The number of nitrogens with zero attached hydrogens (tertiary/aromatic N) is 3. The normalized spacial score (nSPS) is 22.3. The minimum atomic E-state index is 0.0815. The fraction of sp³-hybridized carbons (Fsp3) is 0.647. The molecule has 2 aromatic rings. The van der Waals surface area contributed by atoms with E-state index >= 15 is 0 Å². The van der Waals surface area contributed by atoms with Crippen molar-refractivity contribution in [3.8, 4) is 0 Å². The fourth-order valence-electron chi connectivity index (χ4n) is 3.95. The number of aromatic nitrogens is 3. The number of pyridine rings is 1. The third-order valence-corrected chi connectivity index (χ3v) is 5.33. The predicted octanol–water partition coefficient (Wildman–Crippen LogP) is 3.32. The Bertz CT molecular complexity index is 633. The van der Waals surface area contributed by atoms with E-state index in [1.54, 1.807) is 0 Å². The van der Waals surface area contributed by atoms with Crippen LogP contribution in [0.25, 0.3) is 11.0 Å². The summed E-state index contributed by atoms with van der Waals surface area (Å²) >= 11 is 0.